The Bertz CT molecular complexity index is 1010. The van der Waals surface area contributed by atoms with E-state index >= 15 is 8.78 Å². The van der Waals surface area contributed by atoms with Gasteiger partial charge in [-0.3, -0.25) is 0 Å². The van der Waals surface area contributed by atoms with Crippen molar-refractivity contribution in [2.45, 2.75) is 110 Å². The monoisotopic (exact) mass is 550 g/mol. The van der Waals surface area contributed by atoms with Gasteiger partial charge in [0.2, 0.25) is 0 Å². The van der Waals surface area contributed by atoms with E-state index in [2.05, 4.69) is 18.6 Å². The highest BCUT2D eigenvalue weighted by atomic mass is 19.4. The molecule has 0 amide bonds. The van der Waals surface area contributed by atoms with Crippen molar-refractivity contribution < 1.29 is 26.7 Å². The van der Waals surface area contributed by atoms with Gasteiger partial charge in [0.15, 0.2) is 0 Å². The van der Waals surface area contributed by atoms with Crippen LogP contribution in [-0.4, -0.2) is 6.36 Å². The molecular weight excluding hydrogens is 507 g/mol. The van der Waals surface area contributed by atoms with Gasteiger partial charge in [0.25, 0.3) is 0 Å². The molecule has 1 atom stereocenters. The fourth-order valence-corrected chi connectivity index (χ4v) is 7.11. The Balaban J connectivity index is 1.28. The van der Waals surface area contributed by atoms with Gasteiger partial charge in [-0.05, 0) is 110 Å². The Kier molecular flexibility index (Phi) is 10.3. The molecule has 216 valence electrons. The summed E-state index contributed by atoms with van der Waals surface area (Å²) in [5.74, 6) is 1.54. The van der Waals surface area contributed by atoms with E-state index in [1.54, 1.807) is 0 Å². The van der Waals surface area contributed by atoms with Crippen molar-refractivity contribution in [2.24, 2.45) is 23.7 Å². The summed E-state index contributed by atoms with van der Waals surface area (Å²) < 4.78 is 71.1. The van der Waals surface area contributed by atoms with E-state index < -0.39 is 23.7 Å². The average Bonchev–Trinajstić information content (AvgIpc) is 2.89. The fraction of sp³-hybridized carbons (Fsp3) is 0.636. The largest absolute Gasteiger partial charge is 0.573 e. The van der Waals surface area contributed by atoms with E-state index in [0.29, 0.717) is 11.5 Å². The lowest BCUT2D eigenvalue weighted by atomic mass is 9.70. The third kappa shape index (κ3) is 8.44. The number of hydrogen-bond donors (Lipinski definition) is 0. The van der Waals surface area contributed by atoms with Crippen LogP contribution in [0.3, 0.4) is 0 Å². The lowest BCUT2D eigenvalue weighted by Gasteiger charge is -2.36. The molecule has 0 spiro atoms. The zero-order valence-electron chi connectivity index (χ0n) is 23.3. The zero-order chi connectivity index (χ0) is 28.0. The van der Waals surface area contributed by atoms with Crippen LogP contribution in [0.5, 0.6) is 5.75 Å². The second-order valence-electron chi connectivity index (χ2n) is 12.1. The fourth-order valence-electron chi connectivity index (χ4n) is 7.11. The number of alkyl halides is 3. The van der Waals surface area contributed by atoms with E-state index in [1.165, 1.54) is 82.1 Å². The van der Waals surface area contributed by atoms with Gasteiger partial charge in [-0.15, -0.1) is 13.2 Å². The molecule has 0 N–H and O–H groups in total. The Morgan fingerprint density at radius 2 is 1.41 bits per heavy atom. The lowest BCUT2D eigenvalue weighted by molar-refractivity contribution is -0.274. The third-order valence-corrected chi connectivity index (χ3v) is 9.38. The normalized spacial score (nSPS) is 24.9. The minimum Gasteiger partial charge on any atom is -0.406 e. The summed E-state index contributed by atoms with van der Waals surface area (Å²) >= 11 is 0. The molecule has 2 aromatic rings. The Hall–Kier alpha value is -2.11. The number of rotatable bonds is 10. The van der Waals surface area contributed by atoms with Crippen LogP contribution in [0.4, 0.5) is 22.0 Å². The molecule has 0 aliphatic heterocycles. The summed E-state index contributed by atoms with van der Waals surface area (Å²) in [6.45, 7) is 4.70. The van der Waals surface area contributed by atoms with Crippen LogP contribution in [0.1, 0.15) is 109 Å². The lowest BCUT2D eigenvalue weighted by Crippen LogP contribution is -2.23. The maximum Gasteiger partial charge on any atom is 0.573 e. The molecule has 0 saturated heterocycles. The highest BCUT2D eigenvalue weighted by molar-refractivity contribution is 5.66. The van der Waals surface area contributed by atoms with E-state index in [1.807, 2.05) is 0 Å². The summed E-state index contributed by atoms with van der Waals surface area (Å²) in [6.07, 6.45) is 11.5. The molecule has 2 saturated carbocycles. The standard InChI is InChI=1S/C33H43F5O/c1-3-4-5-6-23-7-11-25(12-8-23)22(2)19-24-9-13-26(14-10-24)28-20-30(34)32(31(35)21-28)27-15-17-29(18-16-27)39-33(36,37)38/h15-18,20-26H,3-14,19H2,1-2H3. The molecule has 39 heavy (non-hydrogen) atoms. The van der Waals surface area contributed by atoms with Crippen molar-refractivity contribution >= 4 is 0 Å². The minimum absolute atomic E-state index is 0.135. The van der Waals surface area contributed by atoms with Crippen LogP contribution >= 0.6 is 0 Å². The van der Waals surface area contributed by atoms with Crippen LogP contribution in [0.25, 0.3) is 11.1 Å². The molecule has 0 bridgehead atoms. The number of hydrogen-bond acceptors (Lipinski definition) is 1. The minimum atomic E-state index is -4.82. The highest BCUT2D eigenvalue weighted by Crippen LogP contribution is 2.43. The smallest absolute Gasteiger partial charge is 0.406 e. The van der Waals surface area contributed by atoms with Gasteiger partial charge in [-0.1, -0.05) is 64.5 Å². The molecule has 6 heteroatoms. The summed E-state index contributed by atoms with van der Waals surface area (Å²) in [7, 11) is 0. The van der Waals surface area contributed by atoms with Crippen LogP contribution in [0, 0.1) is 35.3 Å². The first kappa shape index (κ1) is 29.9. The van der Waals surface area contributed by atoms with Gasteiger partial charge >= 0.3 is 6.36 Å². The maximum atomic E-state index is 15.0. The Labute approximate surface area is 230 Å². The molecule has 0 radical (unpaired) electrons. The van der Waals surface area contributed by atoms with Gasteiger partial charge in [-0.2, -0.15) is 0 Å². The molecule has 1 unspecified atom stereocenters. The molecule has 2 aromatic carbocycles. The Morgan fingerprint density at radius 3 is 1.97 bits per heavy atom. The number of benzene rings is 2. The summed E-state index contributed by atoms with van der Waals surface area (Å²) in [5, 5.41) is 0. The summed E-state index contributed by atoms with van der Waals surface area (Å²) in [6, 6.07) is 7.44. The van der Waals surface area contributed by atoms with E-state index in [4.69, 9.17) is 0 Å². The molecule has 2 fully saturated rings. The van der Waals surface area contributed by atoms with Crippen LogP contribution in [0.15, 0.2) is 36.4 Å². The molecule has 0 heterocycles. The van der Waals surface area contributed by atoms with Gasteiger partial charge < -0.3 is 4.74 Å². The quantitative estimate of drug-likeness (QED) is 0.211. The first-order chi connectivity index (χ1) is 18.6. The molecule has 0 aromatic heterocycles. The molecule has 2 aliphatic carbocycles. The number of unbranched alkanes of at least 4 members (excludes halogenated alkanes) is 2. The Morgan fingerprint density at radius 1 is 0.821 bits per heavy atom. The van der Waals surface area contributed by atoms with Crippen molar-refractivity contribution in [3.63, 3.8) is 0 Å². The first-order valence-corrected chi connectivity index (χ1v) is 15.0. The van der Waals surface area contributed by atoms with Crippen molar-refractivity contribution in [1.82, 2.24) is 0 Å². The summed E-state index contributed by atoms with van der Waals surface area (Å²) in [5.41, 5.74) is 0.636. The van der Waals surface area contributed by atoms with Crippen molar-refractivity contribution in [3.05, 3.63) is 53.6 Å². The SMILES string of the molecule is CCCCCC1CCC(C(C)CC2CCC(c3cc(F)c(-c4ccc(OC(F)(F)F)cc4)c(F)c3)CC2)CC1. The zero-order valence-corrected chi connectivity index (χ0v) is 23.3. The van der Waals surface area contributed by atoms with Gasteiger partial charge in [-0.25, -0.2) is 8.78 Å². The van der Waals surface area contributed by atoms with Crippen molar-refractivity contribution in [2.75, 3.05) is 0 Å². The predicted molar refractivity (Wildman–Crippen MR) is 147 cm³/mol. The van der Waals surface area contributed by atoms with Crippen LogP contribution in [-0.2, 0) is 0 Å². The first-order valence-electron chi connectivity index (χ1n) is 15.0. The second-order valence-corrected chi connectivity index (χ2v) is 12.1. The molecular formula is C33H43F5O. The predicted octanol–water partition coefficient (Wildman–Crippen LogP) is 11.2. The van der Waals surface area contributed by atoms with E-state index in [9.17, 15) is 13.2 Å². The van der Waals surface area contributed by atoms with Crippen LogP contribution in [0.2, 0.25) is 0 Å². The van der Waals surface area contributed by atoms with E-state index in [-0.39, 0.29) is 17.0 Å². The van der Waals surface area contributed by atoms with E-state index in [0.717, 1.165) is 55.6 Å². The summed E-state index contributed by atoms with van der Waals surface area (Å²) in [4.78, 5) is 0. The van der Waals surface area contributed by atoms with Gasteiger partial charge in [0, 0.05) is 0 Å². The van der Waals surface area contributed by atoms with Crippen molar-refractivity contribution in [1.29, 1.82) is 0 Å². The van der Waals surface area contributed by atoms with Crippen LogP contribution < -0.4 is 4.74 Å². The van der Waals surface area contributed by atoms with Gasteiger partial charge in [0.05, 0.1) is 5.56 Å². The highest BCUT2D eigenvalue weighted by Gasteiger charge is 2.32. The molecule has 4 rings (SSSR count). The van der Waals surface area contributed by atoms with Crippen molar-refractivity contribution in [3.8, 4) is 16.9 Å². The number of halogens is 5. The number of ether oxygens (including phenoxy) is 1. The third-order valence-electron chi connectivity index (χ3n) is 9.38. The molecule has 2 aliphatic rings. The van der Waals surface area contributed by atoms with Gasteiger partial charge in [0.1, 0.15) is 17.4 Å². The topological polar surface area (TPSA) is 9.23 Å². The maximum absolute atomic E-state index is 15.0. The molecule has 1 nitrogen and oxygen atoms in total. The second kappa shape index (κ2) is 13.5. The average molecular weight is 551 g/mol.